The summed E-state index contributed by atoms with van der Waals surface area (Å²) in [5.41, 5.74) is 0.762. The van der Waals surface area contributed by atoms with Crippen LogP contribution in [0.1, 0.15) is 44.2 Å². The summed E-state index contributed by atoms with van der Waals surface area (Å²) in [6.45, 7) is 2.92. The Morgan fingerprint density at radius 2 is 2.22 bits per heavy atom. The van der Waals surface area contributed by atoms with Crippen molar-refractivity contribution >= 4 is 0 Å². The Bertz CT molecular complexity index is 390. The van der Waals surface area contributed by atoms with Gasteiger partial charge in [0.05, 0.1) is 7.11 Å². The third-order valence-corrected chi connectivity index (χ3v) is 3.59. The highest BCUT2D eigenvalue weighted by Gasteiger charge is 2.24. The largest absolute Gasteiger partial charge is 0.497 e. The van der Waals surface area contributed by atoms with Crippen LogP contribution in [0, 0.1) is 11.7 Å². The molecule has 0 aliphatic heterocycles. The van der Waals surface area contributed by atoms with Gasteiger partial charge in [-0.1, -0.05) is 25.8 Å². The van der Waals surface area contributed by atoms with Crippen LogP contribution in [0.15, 0.2) is 18.2 Å². The molecule has 1 saturated carbocycles. The van der Waals surface area contributed by atoms with Gasteiger partial charge in [-0.15, -0.1) is 0 Å². The Morgan fingerprint density at radius 1 is 1.44 bits per heavy atom. The molecule has 3 heteroatoms. The topological polar surface area (TPSA) is 21.3 Å². The van der Waals surface area contributed by atoms with E-state index >= 15 is 0 Å². The van der Waals surface area contributed by atoms with Gasteiger partial charge in [-0.05, 0) is 31.4 Å². The van der Waals surface area contributed by atoms with Gasteiger partial charge in [0.1, 0.15) is 11.6 Å². The van der Waals surface area contributed by atoms with Crippen LogP contribution in [0.4, 0.5) is 4.39 Å². The second-order valence-electron chi connectivity index (χ2n) is 5.02. The summed E-state index contributed by atoms with van der Waals surface area (Å²) < 4.78 is 19.1. The van der Waals surface area contributed by atoms with Gasteiger partial charge in [-0.2, -0.15) is 0 Å². The van der Waals surface area contributed by atoms with Crippen LogP contribution < -0.4 is 10.1 Å². The van der Waals surface area contributed by atoms with E-state index in [1.807, 2.05) is 12.1 Å². The summed E-state index contributed by atoms with van der Waals surface area (Å²) in [4.78, 5) is 0. The Balaban J connectivity index is 2.07. The molecule has 1 N–H and O–H groups in total. The molecule has 1 aromatic rings. The Morgan fingerprint density at radius 3 is 2.78 bits per heavy atom. The fraction of sp³-hybridized carbons (Fsp3) is 0.600. The van der Waals surface area contributed by atoms with E-state index in [1.54, 1.807) is 7.11 Å². The molecule has 1 atom stereocenters. The van der Waals surface area contributed by atoms with Crippen molar-refractivity contribution in [3.05, 3.63) is 29.6 Å². The van der Waals surface area contributed by atoms with Gasteiger partial charge in [0.2, 0.25) is 0 Å². The molecular formula is C15H22FNO. The Hall–Kier alpha value is -1.09. The predicted molar refractivity (Wildman–Crippen MR) is 71.3 cm³/mol. The average Bonchev–Trinajstić information content (AvgIpc) is 3.18. The van der Waals surface area contributed by atoms with Gasteiger partial charge >= 0.3 is 0 Å². The summed E-state index contributed by atoms with van der Waals surface area (Å²) in [7, 11) is 1.56. The first-order chi connectivity index (χ1) is 8.74. The van der Waals surface area contributed by atoms with Crippen LogP contribution in [0.25, 0.3) is 0 Å². The van der Waals surface area contributed by atoms with E-state index in [0.29, 0.717) is 5.75 Å². The summed E-state index contributed by atoms with van der Waals surface area (Å²) in [6, 6.07) is 5.27. The van der Waals surface area contributed by atoms with Gasteiger partial charge in [0.25, 0.3) is 0 Å². The number of rotatable bonds is 7. The van der Waals surface area contributed by atoms with Crippen molar-refractivity contribution in [1.82, 2.24) is 5.32 Å². The highest BCUT2D eigenvalue weighted by Crippen LogP contribution is 2.36. The summed E-state index contributed by atoms with van der Waals surface area (Å²) in [5, 5.41) is 3.38. The van der Waals surface area contributed by atoms with Gasteiger partial charge in [-0.25, -0.2) is 4.39 Å². The molecule has 0 heterocycles. The second-order valence-corrected chi connectivity index (χ2v) is 5.02. The molecule has 0 saturated heterocycles. The van der Waals surface area contributed by atoms with Crippen molar-refractivity contribution < 1.29 is 9.13 Å². The van der Waals surface area contributed by atoms with Crippen LogP contribution >= 0.6 is 0 Å². The summed E-state index contributed by atoms with van der Waals surface area (Å²) in [5.74, 6) is 1.29. The SMILES string of the molecule is CCNC(CCC1CC1)c1ccc(OC)cc1F. The fourth-order valence-corrected chi connectivity index (χ4v) is 2.34. The van der Waals surface area contributed by atoms with E-state index in [0.717, 1.165) is 24.4 Å². The number of ether oxygens (including phenoxy) is 1. The lowest BCUT2D eigenvalue weighted by Crippen LogP contribution is -2.22. The zero-order valence-corrected chi connectivity index (χ0v) is 11.2. The highest BCUT2D eigenvalue weighted by atomic mass is 19.1. The van der Waals surface area contributed by atoms with E-state index in [-0.39, 0.29) is 11.9 Å². The van der Waals surface area contributed by atoms with Crippen LogP contribution in [0.2, 0.25) is 0 Å². The molecule has 2 rings (SSSR count). The fourth-order valence-electron chi connectivity index (χ4n) is 2.34. The molecule has 2 nitrogen and oxygen atoms in total. The first kappa shape index (κ1) is 13.3. The lowest BCUT2D eigenvalue weighted by molar-refractivity contribution is 0.407. The van der Waals surface area contributed by atoms with E-state index in [1.165, 1.54) is 25.3 Å². The van der Waals surface area contributed by atoms with Gasteiger partial charge in [0, 0.05) is 17.7 Å². The molecule has 1 aliphatic rings. The molecule has 0 amide bonds. The molecule has 0 bridgehead atoms. The predicted octanol–water partition coefficient (Wildman–Crippen LogP) is 3.68. The van der Waals surface area contributed by atoms with E-state index in [4.69, 9.17) is 4.74 Å². The molecule has 1 aromatic carbocycles. The normalized spacial score (nSPS) is 16.6. The number of benzene rings is 1. The molecule has 0 aromatic heterocycles. The maximum absolute atomic E-state index is 14.0. The zero-order valence-electron chi connectivity index (χ0n) is 11.2. The van der Waals surface area contributed by atoms with Crippen LogP contribution in [-0.2, 0) is 0 Å². The van der Waals surface area contributed by atoms with E-state index < -0.39 is 0 Å². The smallest absolute Gasteiger partial charge is 0.131 e. The van der Waals surface area contributed by atoms with Gasteiger partial charge in [0.15, 0.2) is 0 Å². The van der Waals surface area contributed by atoms with Crippen molar-refractivity contribution in [2.75, 3.05) is 13.7 Å². The molecule has 100 valence electrons. The van der Waals surface area contributed by atoms with Crippen molar-refractivity contribution in [2.24, 2.45) is 5.92 Å². The maximum atomic E-state index is 14.0. The van der Waals surface area contributed by atoms with Crippen LogP contribution in [0.5, 0.6) is 5.75 Å². The lowest BCUT2D eigenvalue weighted by Gasteiger charge is -2.19. The second kappa shape index (κ2) is 6.19. The van der Waals surface area contributed by atoms with Crippen molar-refractivity contribution in [2.45, 2.75) is 38.6 Å². The quantitative estimate of drug-likeness (QED) is 0.798. The molecule has 1 unspecified atom stereocenters. The first-order valence-corrected chi connectivity index (χ1v) is 6.81. The molecule has 0 spiro atoms. The number of nitrogens with one attached hydrogen (secondary N) is 1. The van der Waals surface area contributed by atoms with Gasteiger partial charge in [-0.3, -0.25) is 0 Å². The van der Waals surface area contributed by atoms with E-state index in [9.17, 15) is 4.39 Å². The highest BCUT2D eigenvalue weighted by molar-refractivity contribution is 5.30. The third-order valence-electron chi connectivity index (χ3n) is 3.59. The third kappa shape index (κ3) is 3.45. The summed E-state index contributed by atoms with van der Waals surface area (Å²) >= 11 is 0. The molecule has 1 fully saturated rings. The number of halogens is 1. The van der Waals surface area contributed by atoms with Crippen LogP contribution in [0.3, 0.4) is 0 Å². The molecule has 1 aliphatic carbocycles. The number of methoxy groups -OCH3 is 1. The van der Waals surface area contributed by atoms with Crippen molar-refractivity contribution in [3.63, 3.8) is 0 Å². The summed E-state index contributed by atoms with van der Waals surface area (Å²) in [6.07, 6.45) is 4.92. The van der Waals surface area contributed by atoms with Crippen molar-refractivity contribution in [3.8, 4) is 5.75 Å². The minimum absolute atomic E-state index is 0.126. The average molecular weight is 251 g/mol. The molecule has 0 radical (unpaired) electrons. The maximum Gasteiger partial charge on any atom is 0.131 e. The Labute approximate surface area is 109 Å². The van der Waals surface area contributed by atoms with Crippen LogP contribution in [-0.4, -0.2) is 13.7 Å². The van der Waals surface area contributed by atoms with Crippen molar-refractivity contribution in [1.29, 1.82) is 0 Å². The Kier molecular flexibility index (Phi) is 4.59. The zero-order chi connectivity index (χ0) is 13.0. The van der Waals surface area contributed by atoms with Gasteiger partial charge < -0.3 is 10.1 Å². The monoisotopic (exact) mass is 251 g/mol. The lowest BCUT2D eigenvalue weighted by atomic mass is 9.99. The molecular weight excluding hydrogens is 229 g/mol. The first-order valence-electron chi connectivity index (χ1n) is 6.81. The standard InChI is InChI=1S/C15H22FNO/c1-3-17-15(9-6-11-4-5-11)13-8-7-12(18-2)10-14(13)16/h7-8,10-11,15,17H,3-6,9H2,1-2H3. The minimum Gasteiger partial charge on any atom is -0.497 e. The molecule has 18 heavy (non-hydrogen) atoms. The number of hydrogen-bond acceptors (Lipinski definition) is 2. The van der Waals surface area contributed by atoms with E-state index in [2.05, 4.69) is 12.2 Å². The minimum atomic E-state index is -0.170. The number of hydrogen-bond donors (Lipinski definition) is 1.